The maximum absolute atomic E-state index is 14.5. The number of carbonyl (C=O) groups excluding carboxylic acids is 3. The lowest BCUT2D eigenvalue weighted by atomic mass is 9.90. The second-order valence-corrected chi connectivity index (χ2v) is 9.56. The third kappa shape index (κ3) is 4.15. The third-order valence-corrected chi connectivity index (χ3v) is 7.31. The van der Waals surface area contributed by atoms with Gasteiger partial charge in [0.1, 0.15) is 5.82 Å². The predicted octanol–water partition coefficient (Wildman–Crippen LogP) is 3.95. The van der Waals surface area contributed by atoms with Crippen LogP contribution in [0.15, 0.2) is 48.7 Å². The Hall–Kier alpha value is -3.43. The summed E-state index contributed by atoms with van der Waals surface area (Å²) in [5, 5.41) is 13.3. The zero-order valence-corrected chi connectivity index (χ0v) is 19.4. The average molecular weight is 499 g/mol. The number of aliphatic hydroxyl groups is 1. The Bertz CT molecular complexity index is 1340. The van der Waals surface area contributed by atoms with E-state index in [4.69, 9.17) is 17.3 Å². The van der Waals surface area contributed by atoms with Crippen LogP contribution in [-0.2, 0) is 4.79 Å². The first-order valence-corrected chi connectivity index (χ1v) is 11.7. The molecule has 182 valence electrons. The Morgan fingerprint density at radius 2 is 1.97 bits per heavy atom. The van der Waals surface area contributed by atoms with Crippen LogP contribution in [0.1, 0.15) is 24.3 Å². The van der Waals surface area contributed by atoms with E-state index in [1.807, 2.05) is 0 Å². The van der Waals surface area contributed by atoms with Crippen LogP contribution in [0.4, 0.5) is 19.7 Å². The molecule has 8 nitrogen and oxygen atoms in total. The van der Waals surface area contributed by atoms with E-state index in [-0.39, 0.29) is 34.6 Å². The van der Waals surface area contributed by atoms with E-state index < -0.39 is 36.4 Å². The van der Waals surface area contributed by atoms with Crippen molar-refractivity contribution in [2.75, 3.05) is 18.5 Å². The summed E-state index contributed by atoms with van der Waals surface area (Å²) in [6.07, 6.45) is 2.19. The van der Waals surface area contributed by atoms with Crippen molar-refractivity contribution >= 4 is 46.0 Å². The van der Waals surface area contributed by atoms with Gasteiger partial charge in [0.15, 0.2) is 5.78 Å². The molecule has 1 aromatic heterocycles. The minimum atomic E-state index is -0.766. The Morgan fingerprint density at radius 3 is 2.71 bits per heavy atom. The largest absolute Gasteiger partial charge is 0.396 e. The first-order valence-electron chi connectivity index (χ1n) is 11.3. The van der Waals surface area contributed by atoms with E-state index in [9.17, 15) is 23.9 Å². The predicted molar refractivity (Wildman–Crippen MR) is 129 cm³/mol. The van der Waals surface area contributed by atoms with Gasteiger partial charge in [0.25, 0.3) is 0 Å². The highest BCUT2D eigenvalue weighted by Crippen LogP contribution is 2.50. The number of piperidine rings is 1. The number of aromatic nitrogens is 1. The van der Waals surface area contributed by atoms with Gasteiger partial charge in [-0.05, 0) is 36.0 Å². The molecule has 0 radical (unpaired) electrons. The van der Waals surface area contributed by atoms with E-state index >= 15 is 0 Å². The molecule has 4 atom stereocenters. The summed E-state index contributed by atoms with van der Waals surface area (Å²) in [6.45, 7) is -0.000674. The molecule has 1 saturated heterocycles. The van der Waals surface area contributed by atoms with Crippen molar-refractivity contribution in [2.24, 2.45) is 17.6 Å². The second-order valence-electron chi connectivity index (χ2n) is 9.15. The molecule has 3 amide bonds. The number of aliphatic hydroxyl groups excluding tert-OH is 1. The highest BCUT2D eigenvalue weighted by Gasteiger charge is 2.56. The van der Waals surface area contributed by atoms with Gasteiger partial charge < -0.3 is 21.1 Å². The third-order valence-electron chi connectivity index (χ3n) is 7.02. The Labute approximate surface area is 205 Å². The van der Waals surface area contributed by atoms with Crippen LogP contribution in [-0.4, -0.2) is 51.6 Å². The van der Waals surface area contributed by atoms with Crippen molar-refractivity contribution in [1.82, 2.24) is 9.47 Å². The number of halogens is 2. The van der Waals surface area contributed by atoms with Crippen LogP contribution in [0.3, 0.4) is 0 Å². The molecule has 0 bridgehead atoms. The van der Waals surface area contributed by atoms with Gasteiger partial charge in [0.05, 0.1) is 28.9 Å². The molecule has 4 N–H and O–H groups in total. The topological polar surface area (TPSA) is 118 Å². The molecule has 1 saturated carbocycles. The van der Waals surface area contributed by atoms with Gasteiger partial charge in [-0.15, -0.1) is 0 Å². The number of amides is 3. The number of nitrogens with zero attached hydrogens (tertiary/aromatic N) is 2. The van der Waals surface area contributed by atoms with Crippen LogP contribution < -0.4 is 11.1 Å². The number of carbonyl (C=O) groups is 3. The number of rotatable bonds is 6. The summed E-state index contributed by atoms with van der Waals surface area (Å²) in [6, 6.07) is 9.70. The van der Waals surface area contributed by atoms with Crippen molar-refractivity contribution in [3.05, 3.63) is 65.1 Å². The molecule has 0 spiro atoms. The number of fused-ring (bicyclic) bond motifs is 2. The number of benzene rings is 2. The molecular weight excluding hydrogens is 475 g/mol. The van der Waals surface area contributed by atoms with E-state index in [0.717, 1.165) is 6.42 Å². The molecule has 3 aromatic rings. The van der Waals surface area contributed by atoms with Crippen LogP contribution >= 0.6 is 11.6 Å². The summed E-state index contributed by atoms with van der Waals surface area (Å²) in [5.74, 6) is -1.38. The van der Waals surface area contributed by atoms with Gasteiger partial charge in [-0.25, -0.2) is 14.0 Å². The van der Waals surface area contributed by atoms with Gasteiger partial charge in [-0.2, -0.15) is 0 Å². The zero-order chi connectivity index (χ0) is 24.9. The molecule has 0 unspecified atom stereocenters. The van der Waals surface area contributed by atoms with Crippen LogP contribution in [0.25, 0.3) is 10.9 Å². The number of anilines is 1. The van der Waals surface area contributed by atoms with Crippen molar-refractivity contribution in [3.63, 3.8) is 0 Å². The van der Waals surface area contributed by atoms with Crippen molar-refractivity contribution in [3.8, 4) is 0 Å². The molecular formula is C25H24ClFN4O4. The zero-order valence-electron chi connectivity index (χ0n) is 18.7. The molecule has 1 aliphatic heterocycles. The lowest BCUT2D eigenvalue weighted by molar-refractivity contribution is -0.123. The number of nitrogens with two attached hydrogens (primary N) is 1. The summed E-state index contributed by atoms with van der Waals surface area (Å²) in [7, 11) is 0. The van der Waals surface area contributed by atoms with Crippen LogP contribution in [0.2, 0.25) is 5.02 Å². The minimum Gasteiger partial charge on any atom is -0.396 e. The number of nitrogens with one attached hydrogen (secondary N) is 1. The quantitative estimate of drug-likeness (QED) is 0.477. The molecule has 5 rings (SSSR count). The smallest absolute Gasteiger partial charge is 0.323 e. The molecule has 10 heteroatoms. The van der Waals surface area contributed by atoms with E-state index in [2.05, 4.69) is 5.32 Å². The highest BCUT2D eigenvalue weighted by atomic mass is 35.5. The number of hydrogen-bond donors (Lipinski definition) is 3. The van der Waals surface area contributed by atoms with Gasteiger partial charge >= 0.3 is 12.1 Å². The Kier molecular flexibility index (Phi) is 5.98. The summed E-state index contributed by atoms with van der Waals surface area (Å²) in [5.41, 5.74) is 6.60. The number of hydrogen-bond acceptors (Lipinski definition) is 4. The van der Waals surface area contributed by atoms with Crippen molar-refractivity contribution in [2.45, 2.75) is 24.8 Å². The highest BCUT2D eigenvalue weighted by molar-refractivity contribution is 6.30. The molecule has 2 fully saturated rings. The normalized spacial score (nSPS) is 21.6. The fourth-order valence-electron chi connectivity index (χ4n) is 5.21. The monoisotopic (exact) mass is 498 g/mol. The number of urea groups is 1. The van der Waals surface area contributed by atoms with Crippen molar-refractivity contribution < 1.29 is 23.9 Å². The fourth-order valence-corrected chi connectivity index (χ4v) is 5.39. The standard InChI is InChI=1S/C25H24ClFN4O4/c26-18-6-3-5-15(22(18)27)14(12-32)9-21(33)23-17-8-13(17)10-31(23)25(35)29-19-11-30(24(28)34)20-7-2-1-4-16(19)20/h1-7,11,13-14,17,23,32H,8-10,12H2,(H2,28,34)(H,29,35)/t13-,14-,17-,23+/m1/s1. The first kappa shape index (κ1) is 23.3. The SMILES string of the molecule is NC(=O)n1cc(NC(=O)N2C[C@H]3C[C@H]3[C@H]2C(=O)C[C@H](CO)c2cccc(Cl)c2F)c2ccccc21. The lowest BCUT2D eigenvalue weighted by Gasteiger charge is -2.28. The van der Waals surface area contributed by atoms with Gasteiger partial charge in [0.2, 0.25) is 0 Å². The van der Waals surface area contributed by atoms with Gasteiger partial charge in [0, 0.05) is 30.5 Å². The van der Waals surface area contributed by atoms with E-state index in [1.54, 1.807) is 30.3 Å². The maximum atomic E-state index is 14.5. The van der Waals surface area contributed by atoms with Crippen LogP contribution in [0.5, 0.6) is 0 Å². The second kappa shape index (κ2) is 8.98. The van der Waals surface area contributed by atoms with E-state index in [0.29, 0.717) is 23.1 Å². The minimum absolute atomic E-state index is 0.0452. The number of ketones is 1. The number of para-hydroxylation sites is 1. The lowest BCUT2D eigenvalue weighted by Crippen LogP contribution is -2.46. The average Bonchev–Trinajstić information content (AvgIpc) is 3.34. The molecule has 2 aliphatic rings. The first-order chi connectivity index (χ1) is 16.8. The van der Waals surface area contributed by atoms with Gasteiger partial charge in [-0.1, -0.05) is 41.9 Å². The maximum Gasteiger partial charge on any atom is 0.323 e. The summed E-state index contributed by atoms with van der Waals surface area (Å²) >= 11 is 5.88. The molecule has 35 heavy (non-hydrogen) atoms. The molecule has 2 heterocycles. The fraction of sp³-hybridized carbons (Fsp3) is 0.320. The van der Waals surface area contributed by atoms with Crippen molar-refractivity contribution in [1.29, 1.82) is 0 Å². The van der Waals surface area contributed by atoms with Crippen LogP contribution in [0, 0.1) is 17.7 Å². The number of likely N-dealkylation sites (tertiary alicyclic amines) is 1. The molecule has 1 aliphatic carbocycles. The number of Topliss-reactive ketones (excluding diaryl/α,β-unsaturated/α-hetero) is 1. The Morgan fingerprint density at radius 1 is 1.20 bits per heavy atom. The summed E-state index contributed by atoms with van der Waals surface area (Å²) in [4.78, 5) is 39.9. The number of primary amides is 1. The van der Waals surface area contributed by atoms with Gasteiger partial charge in [-0.3, -0.25) is 9.36 Å². The summed E-state index contributed by atoms with van der Waals surface area (Å²) < 4.78 is 15.8. The van der Waals surface area contributed by atoms with E-state index in [1.165, 1.54) is 27.8 Å². The molecule has 2 aromatic carbocycles. The Balaban J connectivity index is 1.36.